The minimum atomic E-state index is -0.947. The van der Waals surface area contributed by atoms with Gasteiger partial charge in [-0.25, -0.2) is 9.18 Å². The Bertz CT molecular complexity index is 1170. The highest BCUT2D eigenvalue weighted by molar-refractivity contribution is 5.91. The molecule has 1 aliphatic heterocycles. The van der Waals surface area contributed by atoms with Gasteiger partial charge in [0.1, 0.15) is 11.9 Å². The third-order valence-electron chi connectivity index (χ3n) is 5.93. The summed E-state index contributed by atoms with van der Waals surface area (Å²) < 4.78 is 25.1. The topological polar surface area (TPSA) is 71.0 Å². The molecule has 0 fully saturated rings. The van der Waals surface area contributed by atoms with Gasteiger partial charge in [-0.15, -0.1) is 0 Å². The van der Waals surface area contributed by atoms with Gasteiger partial charge < -0.3 is 24.8 Å². The molecule has 2 atom stereocenters. The lowest BCUT2D eigenvalue weighted by Crippen LogP contribution is -2.44. The Balaban J connectivity index is 1.54. The Labute approximate surface area is 192 Å². The van der Waals surface area contributed by atoms with Gasteiger partial charge in [0.15, 0.2) is 11.6 Å². The lowest BCUT2D eigenvalue weighted by Gasteiger charge is -2.37. The molecule has 0 bridgehead atoms. The van der Waals surface area contributed by atoms with E-state index in [9.17, 15) is 14.3 Å². The van der Waals surface area contributed by atoms with Crippen LogP contribution >= 0.6 is 0 Å². The number of para-hydroxylation sites is 2. The normalized spacial score (nSPS) is 16.0. The van der Waals surface area contributed by atoms with E-state index in [4.69, 9.17) is 9.47 Å². The van der Waals surface area contributed by atoms with Crippen molar-refractivity contribution < 1.29 is 23.8 Å². The molecule has 0 saturated carbocycles. The van der Waals surface area contributed by atoms with Crippen molar-refractivity contribution in [1.29, 1.82) is 0 Å². The van der Waals surface area contributed by atoms with Gasteiger partial charge in [0.25, 0.3) is 0 Å². The van der Waals surface area contributed by atoms with E-state index in [1.165, 1.54) is 13.2 Å². The zero-order valence-electron chi connectivity index (χ0n) is 18.8. The number of rotatable bonds is 7. The van der Waals surface area contributed by atoms with Crippen molar-refractivity contribution >= 4 is 17.3 Å². The van der Waals surface area contributed by atoms with Crippen LogP contribution in [-0.4, -0.2) is 37.4 Å². The van der Waals surface area contributed by atoms with Crippen molar-refractivity contribution in [2.75, 3.05) is 25.1 Å². The van der Waals surface area contributed by atoms with Crippen LogP contribution in [0.1, 0.15) is 34.5 Å². The Hall–Kier alpha value is -3.58. The predicted octanol–water partition coefficient (Wildman–Crippen LogP) is 5.09. The monoisotopic (exact) mass is 450 g/mol. The minimum absolute atomic E-state index is 0.0493. The fourth-order valence-electron chi connectivity index (χ4n) is 4.03. The van der Waals surface area contributed by atoms with Crippen LogP contribution in [0.5, 0.6) is 11.5 Å². The number of halogens is 1. The Morgan fingerprint density at radius 3 is 2.79 bits per heavy atom. The molecule has 7 heteroatoms. The average molecular weight is 451 g/mol. The Morgan fingerprint density at radius 1 is 1.24 bits per heavy atom. The van der Waals surface area contributed by atoms with Crippen LogP contribution in [0.25, 0.3) is 0 Å². The first-order valence-electron chi connectivity index (χ1n) is 10.8. The molecule has 2 unspecified atom stereocenters. The number of methoxy groups -OCH3 is 1. The Morgan fingerprint density at radius 2 is 2.03 bits per heavy atom. The van der Waals surface area contributed by atoms with Crippen LogP contribution in [0.15, 0.2) is 60.7 Å². The van der Waals surface area contributed by atoms with Crippen LogP contribution in [0.2, 0.25) is 0 Å². The van der Waals surface area contributed by atoms with E-state index in [0.717, 1.165) is 28.3 Å². The molecule has 4 rings (SSSR count). The summed E-state index contributed by atoms with van der Waals surface area (Å²) in [4.78, 5) is 13.7. The van der Waals surface area contributed by atoms with Crippen molar-refractivity contribution in [3.63, 3.8) is 0 Å². The number of nitrogens with zero attached hydrogens (tertiary/aromatic N) is 1. The second-order valence-corrected chi connectivity index (χ2v) is 8.15. The number of benzene rings is 3. The fourth-order valence-corrected chi connectivity index (χ4v) is 4.03. The van der Waals surface area contributed by atoms with Gasteiger partial charge in [-0.1, -0.05) is 24.3 Å². The van der Waals surface area contributed by atoms with Crippen molar-refractivity contribution in [3.05, 3.63) is 83.2 Å². The summed E-state index contributed by atoms with van der Waals surface area (Å²) in [5.74, 6) is -0.388. The fraction of sp³-hybridized carbons (Fsp3) is 0.269. The number of fused-ring (bicyclic) bond motifs is 1. The maximum Gasteiger partial charge on any atom is 0.336 e. The number of aromatic carboxylic acids is 1. The molecule has 3 aromatic carbocycles. The molecule has 0 spiro atoms. The summed E-state index contributed by atoms with van der Waals surface area (Å²) in [6.07, 6.45) is -0.181. The third-order valence-corrected chi connectivity index (χ3v) is 5.93. The van der Waals surface area contributed by atoms with Crippen molar-refractivity contribution in [3.8, 4) is 11.5 Å². The van der Waals surface area contributed by atoms with Crippen molar-refractivity contribution in [1.82, 2.24) is 5.32 Å². The molecule has 0 radical (unpaired) electrons. The van der Waals surface area contributed by atoms with E-state index in [0.29, 0.717) is 13.1 Å². The highest BCUT2D eigenvalue weighted by Crippen LogP contribution is 2.38. The summed E-state index contributed by atoms with van der Waals surface area (Å²) in [7, 11) is 1.45. The second-order valence-electron chi connectivity index (χ2n) is 8.15. The number of anilines is 2. The summed E-state index contributed by atoms with van der Waals surface area (Å²) in [5.41, 5.74) is 3.60. The largest absolute Gasteiger partial charge is 0.494 e. The van der Waals surface area contributed by atoms with Gasteiger partial charge >= 0.3 is 5.97 Å². The summed E-state index contributed by atoms with van der Waals surface area (Å²) in [5, 5.41) is 13.0. The van der Waals surface area contributed by atoms with Gasteiger partial charge in [0.2, 0.25) is 0 Å². The highest BCUT2D eigenvalue weighted by atomic mass is 19.1. The third kappa shape index (κ3) is 4.78. The number of carboxylic acid groups (broad SMARTS) is 1. The molecule has 2 N–H and O–H groups in total. The predicted molar refractivity (Wildman–Crippen MR) is 125 cm³/mol. The smallest absolute Gasteiger partial charge is 0.336 e. The number of nitrogens with one attached hydrogen (secondary N) is 1. The van der Waals surface area contributed by atoms with Crippen LogP contribution in [0.4, 0.5) is 15.8 Å². The maximum absolute atomic E-state index is 13.8. The first kappa shape index (κ1) is 22.6. The van der Waals surface area contributed by atoms with Crippen LogP contribution in [0.3, 0.4) is 0 Å². The first-order valence-corrected chi connectivity index (χ1v) is 10.8. The first-order chi connectivity index (χ1) is 15.9. The van der Waals surface area contributed by atoms with E-state index >= 15 is 0 Å². The quantitative estimate of drug-likeness (QED) is 0.523. The van der Waals surface area contributed by atoms with Crippen LogP contribution in [0, 0.1) is 12.7 Å². The molecule has 1 heterocycles. The minimum Gasteiger partial charge on any atom is -0.494 e. The number of hydrogen-bond acceptors (Lipinski definition) is 5. The van der Waals surface area contributed by atoms with E-state index in [-0.39, 0.29) is 23.5 Å². The zero-order valence-corrected chi connectivity index (χ0v) is 18.8. The van der Waals surface area contributed by atoms with Crippen molar-refractivity contribution in [2.24, 2.45) is 0 Å². The number of ether oxygens (including phenoxy) is 2. The van der Waals surface area contributed by atoms with E-state index in [1.54, 1.807) is 25.1 Å². The lowest BCUT2D eigenvalue weighted by molar-refractivity contribution is 0.0696. The molecule has 0 amide bonds. The lowest BCUT2D eigenvalue weighted by atomic mass is 10.1. The van der Waals surface area contributed by atoms with Crippen LogP contribution < -0.4 is 19.7 Å². The van der Waals surface area contributed by atoms with Crippen molar-refractivity contribution in [2.45, 2.75) is 26.0 Å². The molecule has 172 valence electrons. The molecule has 0 aromatic heterocycles. The number of carbonyl (C=O) groups is 1. The zero-order chi connectivity index (χ0) is 23.5. The van der Waals surface area contributed by atoms with Gasteiger partial charge in [-0.3, -0.25) is 0 Å². The molecular weight excluding hydrogens is 423 g/mol. The molecule has 6 nitrogen and oxygen atoms in total. The van der Waals surface area contributed by atoms with Crippen LogP contribution in [-0.2, 0) is 0 Å². The van der Waals surface area contributed by atoms with E-state index < -0.39 is 11.8 Å². The van der Waals surface area contributed by atoms with Gasteiger partial charge in [0.05, 0.1) is 24.9 Å². The van der Waals surface area contributed by atoms with E-state index in [1.807, 2.05) is 43.3 Å². The van der Waals surface area contributed by atoms with Gasteiger partial charge in [-0.05, 0) is 61.4 Å². The average Bonchev–Trinajstić information content (AvgIpc) is 2.82. The SMILES string of the molecule is COc1cc(C(C)NCC2CN(c3ccc(C)c(C(=O)O)c3)c3ccccc3O2)ccc1F. The van der Waals surface area contributed by atoms with Gasteiger partial charge in [-0.2, -0.15) is 0 Å². The Kier molecular flexibility index (Phi) is 6.51. The maximum atomic E-state index is 13.8. The number of aryl methyl sites for hydroxylation is 1. The molecule has 33 heavy (non-hydrogen) atoms. The summed E-state index contributed by atoms with van der Waals surface area (Å²) >= 11 is 0. The van der Waals surface area contributed by atoms with Gasteiger partial charge in [0, 0.05) is 18.3 Å². The molecule has 3 aromatic rings. The number of hydrogen-bond donors (Lipinski definition) is 2. The highest BCUT2D eigenvalue weighted by Gasteiger charge is 2.27. The molecular formula is C26H27FN2O4. The van der Waals surface area contributed by atoms with E-state index in [2.05, 4.69) is 10.2 Å². The second kappa shape index (κ2) is 9.50. The molecule has 0 aliphatic carbocycles. The summed E-state index contributed by atoms with van der Waals surface area (Å²) in [6, 6.07) is 18.0. The molecule has 1 aliphatic rings. The number of carboxylic acids is 1. The summed E-state index contributed by atoms with van der Waals surface area (Å²) in [6.45, 7) is 4.88. The molecule has 0 saturated heterocycles. The standard InChI is InChI=1S/C26H27FN2O4/c1-16-8-10-19(13-21(16)26(30)31)29-15-20(33-24-7-5-4-6-23(24)29)14-28-17(2)18-9-11-22(27)25(12-18)32-3/h4-13,17,20,28H,14-15H2,1-3H3,(H,30,31).